The second kappa shape index (κ2) is 7.31. The average molecular weight is 538 g/mol. The van der Waals surface area contributed by atoms with Crippen LogP contribution in [0.15, 0.2) is 96.0 Å². The summed E-state index contributed by atoms with van der Waals surface area (Å²) in [7, 11) is 0. The molecule has 0 unspecified atom stereocenters. The van der Waals surface area contributed by atoms with Crippen molar-refractivity contribution in [2.45, 2.75) is 83.0 Å². The van der Waals surface area contributed by atoms with Crippen LogP contribution in [0.5, 0.6) is 0 Å². The highest BCUT2D eigenvalue weighted by atomic mass is 15.6. The minimum atomic E-state index is -0.343. The SMILES string of the molecule is CC1(C)N=C2N(c3ccc4c(c3)C3(c5ccccc5-c5ccccc53)c3ccccc3-4)C(C)(C)C(C)(C)N2C1(C)C. The van der Waals surface area contributed by atoms with E-state index in [4.69, 9.17) is 4.99 Å². The van der Waals surface area contributed by atoms with Gasteiger partial charge >= 0.3 is 0 Å². The number of hydrogen-bond donors (Lipinski definition) is 0. The number of guanidine groups is 1. The third kappa shape index (κ3) is 2.61. The number of hydrogen-bond acceptors (Lipinski definition) is 3. The summed E-state index contributed by atoms with van der Waals surface area (Å²) in [5.74, 6) is 1.09. The largest absolute Gasteiger partial charge is 0.327 e. The van der Waals surface area contributed by atoms with Gasteiger partial charge in [-0.2, -0.15) is 0 Å². The van der Waals surface area contributed by atoms with E-state index in [9.17, 15) is 0 Å². The van der Waals surface area contributed by atoms with E-state index in [0.29, 0.717) is 0 Å². The summed E-state index contributed by atoms with van der Waals surface area (Å²) >= 11 is 0. The van der Waals surface area contributed by atoms with Crippen molar-refractivity contribution >= 4 is 11.6 Å². The Morgan fingerprint density at radius 1 is 0.488 bits per heavy atom. The second-order valence-corrected chi connectivity index (χ2v) is 14.4. The molecule has 206 valence electrons. The molecule has 1 fully saturated rings. The van der Waals surface area contributed by atoms with Crippen LogP contribution < -0.4 is 4.90 Å². The molecular weight excluding hydrogens is 498 g/mol. The Bertz CT molecular complexity index is 1760. The molecule has 2 heterocycles. The minimum absolute atomic E-state index is 0.116. The summed E-state index contributed by atoms with van der Waals surface area (Å²) in [6.07, 6.45) is 0. The van der Waals surface area contributed by atoms with E-state index >= 15 is 0 Å². The van der Waals surface area contributed by atoms with Gasteiger partial charge in [0.25, 0.3) is 0 Å². The van der Waals surface area contributed by atoms with E-state index < -0.39 is 0 Å². The number of nitrogens with zero attached hydrogens (tertiary/aromatic N) is 3. The van der Waals surface area contributed by atoms with E-state index in [1.54, 1.807) is 0 Å². The molecular formula is C38H39N3. The van der Waals surface area contributed by atoms with Crippen molar-refractivity contribution in [3.05, 3.63) is 113 Å². The fraction of sp³-hybridized carbons (Fsp3) is 0.342. The summed E-state index contributed by atoms with van der Waals surface area (Å²) in [6.45, 7) is 18.8. The lowest BCUT2D eigenvalue weighted by Gasteiger charge is -2.50. The number of aliphatic imine (C=N–C) groups is 1. The Morgan fingerprint density at radius 3 is 1.46 bits per heavy atom. The molecule has 0 radical (unpaired) electrons. The van der Waals surface area contributed by atoms with Crippen LogP contribution in [0.1, 0.15) is 77.6 Å². The van der Waals surface area contributed by atoms with Crippen molar-refractivity contribution in [2.75, 3.05) is 4.90 Å². The van der Waals surface area contributed by atoms with Gasteiger partial charge in [-0.05, 0) is 112 Å². The molecule has 1 spiro atoms. The van der Waals surface area contributed by atoms with Gasteiger partial charge in [-0.25, -0.2) is 4.99 Å². The predicted octanol–water partition coefficient (Wildman–Crippen LogP) is 8.64. The van der Waals surface area contributed by atoms with Gasteiger partial charge in [0.1, 0.15) is 0 Å². The van der Waals surface area contributed by atoms with Gasteiger partial charge < -0.3 is 9.80 Å². The van der Waals surface area contributed by atoms with Crippen molar-refractivity contribution in [1.82, 2.24) is 4.90 Å². The fourth-order valence-electron chi connectivity index (χ4n) is 8.52. The van der Waals surface area contributed by atoms with Crippen LogP contribution in [0.2, 0.25) is 0 Å². The molecule has 41 heavy (non-hydrogen) atoms. The first-order valence-electron chi connectivity index (χ1n) is 15.0. The lowest BCUT2D eigenvalue weighted by molar-refractivity contribution is 0.0529. The van der Waals surface area contributed by atoms with Gasteiger partial charge in [-0.1, -0.05) is 78.9 Å². The number of rotatable bonds is 1. The second-order valence-electron chi connectivity index (χ2n) is 14.4. The fourth-order valence-corrected chi connectivity index (χ4v) is 8.52. The maximum atomic E-state index is 5.45. The molecule has 8 rings (SSSR count). The molecule has 0 atom stereocenters. The molecule has 2 aliphatic carbocycles. The molecule has 0 N–H and O–H groups in total. The van der Waals surface area contributed by atoms with E-state index in [2.05, 4.69) is 156 Å². The van der Waals surface area contributed by atoms with Crippen molar-refractivity contribution in [1.29, 1.82) is 0 Å². The van der Waals surface area contributed by atoms with Crippen LogP contribution in [0, 0.1) is 0 Å². The van der Waals surface area contributed by atoms with Crippen LogP contribution >= 0.6 is 0 Å². The van der Waals surface area contributed by atoms with Crippen LogP contribution in [0.25, 0.3) is 22.3 Å². The van der Waals surface area contributed by atoms with Crippen LogP contribution in [0.4, 0.5) is 5.69 Å². The average Bonchev–Trinajstić information content (AvgIpc) is 3.51. The maximum Gasteiger partial charge on any atom is 0.203 e. The Hall–Kier alpha value is -3.85. The monoisotopic (exact) mass is 537 g/mol. The lowest BCUT2D eigenvalue weighted by atomic mass is 9.70. The topological polar surface area (TPSA) is 18.8 Å². The van der Waals surface area contributed by atoms with Gasteiger partial charge in [0, 0.05) is 5.69 Å². The van der Waals surface area contributed by atoms with Gasteiger partial charge in [0.2, 0.25) is 5.96 Å². The zero-order valence-corrected chi connectivity index (χ0v) is 25.5. The Labute approximate surface area is 244 Å². The van der Waals surface area contributed by atoms with Gasteiger partial charge in [-0.3, -0.25) is 0 Å². The molecule has 0 amide bonds. The predicted molar refractivity (Wildman–Crippen MR) is 171 cm³/mol. The third-order valence-corrected chi connectivity index (χ3v) is 11.7. The zero-order chi connectivity index (χ0) is 28.7. The van der Waals surface area contributed by atoms with Gasteiger partial charge in [0.15, 0.2) is 0 Å². The van der Waals surface area contributed by atoms with Gasteiger partial charge in [-0.15, -0.1) is 0 Å². The summed E-state index contributed by atoms with van der Waals surface area (Å²) in [6, 6.07) is 34.3. The maximum absolute atomic E-state index is 5.45. The molecule has 4 aromatic rings. The van der Waals surface area contributed by atoms with E-state index in [-0.39, 0.29) is 27.6 Å². The molecule has 0 saturated carbocycles. The minimum Gasteiger partial charge on any atom is -0.327 e. The third-order valence-electron chi connectivity index (χ3n) is 11.7. The van der Waals surface area contributed by atoms with Crippen LogP contribution in [0.3, 0.4) is 0 Å². The van der Waals surface area contributed by atoms with Crippen molar-refractivity contribution in [2.24, 2.45) is 4.99 Å². The number of benzene rings is 4. The highest BCUT2D eigenvalue weighted by Crippen LogP contribution is 2.63. The molecule has 0 aromatic heterocycles. The highest BCUT2D eigenvalue weighted by Gasteiger charge is 2.66. The highest BCUT2D eigenvalue weighted by molar-refractivity contribution is 6.04. The molecule has 3 nitrogen and oxygen atoms in total. The molecule has 2 aliphatic heterocycles. The molecule has 4 aliphatic rings. The van der Waals surface area contributed by atoms with E-state index in [1.165, 1.54) is 50.2 Å². The first-order chi connectivity index (χ1) is 19.4. The Morgan fingerprint density at radius 2 is 0.951 bits per heavy atom. The summed E-state index contributed by atoms with van der Waals surface area (Å²) in [5.41, 5.74) is 11.1. The Kier molecular flexibility index (Phi) is 4.44. The molecule has 0 bridgehead atoms. The van der Waals surface area contributed by atoms with Crippen molar-refractivity contribution < 1.29 is 0 Å². The Balaban J connectivity index is 1.43. The van der Waals surface area contributed by atoms with Crippen molar-refractivity contribution in [3.8, 4) is 22.3 Å². The molecule has 3 heteroatoms. The van der Waals surface area contributed by atoms with E-state index in [1.807, 2.05) is 0 Å². The smallest absolute Gasteiger partial charge is 0.203 e. The van der Waals surface area contributed by atoms with Crippen LogP contribution in [-0.2, 0) is 5.41 Å². The summed E-state index contributed by atoms with van der Waals surface area (Å²) in [5, 5.41) is 0. The summed E-state index contributed by atoms with van der Waals surface area (Å²) in [4.78, 5) is 10.6. The standard InChI is InChI=1S/C38H39N3/c1-34(2)35(3,4)41-33(39-34)40(36(5,6)37(41,7)8)24-21-22-28-27-17-11-14-20-31(27)38(32(28)23-24)29-18-12-9-15-25(29)26-16-10-13-19-30(26)38/h9-23H,1-8H3. The zero-order valence-electron chi connectivity index (χ0n) is 25.5. The first-order valence-corrected chi connectivity index (χ1v) is 15.0. The molecule has 4 aromatic carbocycles. The number of anilines is 1. The number of fused-ring (bicyclic) bond motifs is 11. The quantitative estimate of drug-likeness (QED) is 0.209. The van der Waals surface area contributed by atoms with Crippen LogP contribution in [-0.4, -0.2) is 33.0 Å². The van der Waals surface area contributed by atoms with Gasteiger partial charge in [0.05, 0.1) is 27.6 Å². The first kappa shape index (κ1) is 24.9. The normalized spacial score (nSPS) is 22.2. The van der Waals surface area contributed by atoms with Crippen molar-refractivity contribution in [3.63, 3.8) is 0 Å². The summed E-state index contributed by atoms with van der Waals surface area (Å²) < 4.78 is 0. The lowest BCUT2D eigenvalue weighted by Crippen LogP contribution is -2.63. The molecule has 1 saturated heterocycles. The van der Waals surface area contributed by atoms with E-state index in [0.717, 1.165) is 5.96 Å².